The minimum Gasteiger partial charge on any atom is -0.392 e. The van der Waals surface area contributed by atoms with Gasteiger partial charge in [0.1, 0.15) is 0 Å². The van der Waals surface area contributed by atoms with Crippen molar-refractivity contribution in [3.63, 3.8) is 0 Å². The summed E-state index contributed by atoms with van der Waals surface area (Å²) in [5, 5.41) is 24.3. The third-order valence-corrected chi connectivity index (χ3v) is 7.04. The van der Waals surface area contributed by atoms with E-state index in [9.17, 15) is 10.2 Å². The van der Waals surface area contributed by atoms with Crippen LogP contribution in [0.25, 0.3) is 0 Å². The molecule has 4 heteroatoms. The molecule has 0 aromatic heterocycles. The maximum Gasteiger partial charge on any atom is 0.0721 e. The van der Waals surface area contributed by atoms with E-state index in [2.05, 4.69) is 29.3 Å². The maximum absolute atomic E-state index is 10.5. The zero-order chi connectivity index (χ0) is 19.8. The van der Waals surface area contributed by atoms with E-state index in [4.69, 9.17) is 0 Å². The van der Waals surface area contributed by atoms with Gasteiger partial charge in [0.25, 0.3) is 0 Å². The number of fused-ring (bicyclic) bond motifs is 1. The van der Waals surface area contributed by atoms with E-state index >= 15 is 0 Å². The van der Waals surface area contributed by atoms with Gasteiger partial charge in [-0.1, -0.05) is 50.0 Å². The molecule has 3 aliphatic rings. The van der Waals surface area contributed by atoms with Gasteiger partial charge >= 0.3 is 0 Å². The molecule has 2 fully saturated rings. The highest BCUT2D eigenvalue weighted by atomic mass is 16.3. The van der Waals surface area contributed by atoms with Crippen molar-refractivity contribution in [2.75, 3.05) is 32.7 Å². The van der Waals surface area contributed by atoms with Crippen LogP contribution in [0.4, 0.5) is 0 Å². The number of unbranched alkanes of at least 4 members (excludes halogenated alkanes) is 2. The number of hydrogen-bond acceptors (Lipinski definition) is 4. The molecule has 3 rings (SSSR count). The molecule has 0 unspecified atom stereocenters. The molecule has 0 radical (unpaired) electrons. The highest BCUT2D eigenvalue weighted by Gasteiger charge is 2.43. The first kappa shape index (κ1) is 22.0. The SMILES string of the molecule is CCCCC[C@H](O)/C=C/[C@@H]1[C@H]2CC(CCNCCN3CCCC3)=C[C@H]2C[C@H]1O. The lowest BCUT2D eigenvalue weighted by Gasteiger charge is -2.19. The van der Waals surface area contributed by atoms with Crippen LogP contribution in [0.2, 0.25) is 0 Å². The Hall–Kier alpha value is -0.680. The molecule has 0 amide bonds. The summed E-state index contributed by atoms with van der Waals surface area (Å²) in [6, 6.07) is 0. The number of likely N-dealkylation sites (tertiary alicyclic amines) is 1. The van der Waals surface area contributed by atoms with Crippen LogP contribution in [0.5, 0.6) is 0 Å². The highest BCUT2D eigenvalue weighted by molar-refractivity contribution is 5.21. The fraction of sp³-hybridized carbons (Fsp3) is 0.833. The quantitative estimate of drug-likeness (QED) is 0.353. The number of nitrogens with one attached hydrogen (secondary N) is 1. The molecule has 1 aliphatic heterocycles. The minimum absolute atomic E-state index is 0.211. The first-order valence-corrected chi connectivity index (χ1v) is 11.8. The Kier molecular flexibility index (Phi) is 9.04. The smallest absolute Gasteiger partial charge is 0.0721 e. The van der Waals surface area contributed by atoms with Crippen molar-refractivity contribution in [3.05, 3.63) is 23.8 Å². The second-order valence-corrected chi connectivity index (χ2v) is 9.23. The largest absolute Gasteiger partial charge is 0.392 e. The summed E-state index contributed by atoms with van der Waals surface area (Å²) in [6.07, 6.45) is 16.1. The van der Waals surface area contributed by atoms with Crippen molar-refractivity contribution in [1.82, 2.24) is 10.2 Å². The topological polar surface area (TPSA) is 55.7 Å². The number of hydrogen-bond donors (Lipinski definition) is 3. The number of nitrogens with zero attached hydrogens (tertiary/aromatic N) is 1. The third kappa shape index (κ3) is 6.41. The van der Waals surface area contributed by atoms with Crippen molar-refractivity contribution >= 4 is 0 Å². The van der Waals surface area contributed by atoms with Crippen molar-refractivity contribution in [3.8, 4) is 0 Å². The first-order chi connectivity index (χ1) is 13.7. The maximum atomic E-state index is 10.5. The number of rotatable bonds is 12. The zero-order valence-corrected chi connectivity index (χ0v) is 17.9. The van der Waals surface area contributed by atoms with Gasteiger partial charge in [-0.2, -0.15) is 0 Å². The van der Waals surface area contributed by atoms with Crippen LogP contribution in [-0.4, -0.2) is 60.0 Å². The van der Waals surface area contributed by atoms with Crippen LogP contribution in [0.3, 0.4) is 0 Å². The molecule has 28 heavy (non-hydrogen) atoms. The monoisotopic (exact) mass is 390 g/mol. The first-order valence-electron chi connectivity index (χ1n) is 11.8. The van der Waals surface area contributed by atoms with Gasteiger partial charge in [-0.05, 0) is 70.0 Å². The molecule has 1 saturated heterocycles. The van der Waals surface area contributed by atoms with Crippen LogP contribution in [-0.2, 0) is 0 Å². The Bertz CT molecular complexity index is 513. The van der Waals surface area contributed by atoms with Crippen molar-refractivity contribution in [2.45, 2.75) is 76.9 Å². The van der Waals surface area contributed by atoms with E-state index in [1.54, 1.807) is 5.57 Å². The van der Waals surface area contributed by atoms with Crippen molar-refractivity contribution in [2.24, 2.45) is 17.8 Å². The Morgan fingerprint density at radius 3 is 2.86 bits per heavy atom. The molecule has 0 aromatic carbocycles. The summed E-state index contributed by atoms with van der Waals surface area (Å²) in [5.41, 5.74) is 1.57. The molecule has 160 valence electrons. The van der Waals surface area contributed by atoms with Crippen LogP contribution in [0.15, 0.2) is 23.8 Å². The number of aliphatic hydroxyl groups is 2. The van der Waals surface area contributed by atoms with Gasteiger partial charge < -0.3 is 20.4 Å². The van der Waals surface area contributed by atoms with Crippen LogP contribution in [0.1, 0.15) is 64.7 Å². The molecule has 0 spiro atoms. The summed E-state index contributed by atoms with van der Waals surface area (Å²) < 4.78 is 0. The van der Waals surface area contributed by atoms with E-state index in [0.717, 1.165) is 45.2 Å². The summed E-state index contributed by atoms with van der Waals surface area (Å²) in [5.74, 6) is 1.28. The molecule has 5 atom stereocenters. The minimum atomic E-state index is -0.355. The molecular weight excluding hydrogens is 348 g/mol. The average molecular weight is 391 g/mol. The van der Waals surface area contributed by atoms with Crippen LogP contribution in [0, 0.1) is 17.8 Å². The lowest BCUT2D eigenvalue weighted by molar-refractivity contribution is 0.139. The molecule has 1 saturated carbocycles. The highest BCUT2D eigenvalue weighted by Crippen LogP contribution is 2.47. The molecule has 0 bridgehead atoms. The summed E-state index contributed by atoms with van der Waals surface area (Å²) in [4.78, 5) is 2.56. The van der Waals surface area contributed by atoms with Gasteiger partial charge in [0.15, 0.2) is 0 Å². The van der Waals surface area contributed by atoms with E-state index in [0.29, 0.717) is 11.8 Å². The van der Waals surface area contributed by atoms with Crippen LogP contribution < -0.4 is 5.32 Å². The van der Waals surface area contributed by atoms with Crippen molar-refractivity contribution < 1.29 is 10.2 Å². The normalized spacial score (nSPS) is 31.6. The summed E-state index contributed by atoms with van der Waals surface area (Å²) in [6.45, 7) is 8.09. The Morgan fingerprint density at radius 1 is 1.25 bits per heavy atom. The second-order valence-electron chi connectivity index (χ2n) is 9.23. The molecular formula is C24H42N2O2. The molecule has 1 heterocycles. The predicted molar refractivity (Wildman–Crippen MR) is 116 cm³/mol. The lowest BCUT2D eigenvalue weighted by atomic mass is 9.88. The summed E-state index contributed by atoms with van der Waals surface area (Å²) >= 11 is 0. The average Bonchev–Trinajstić information content (AvgIpc) is 3.37. The second kappa shape index (κ2) is 11.5. The van der Waals surface area contributed by atoms with Crippen LogP contribution >= 0.6 is 0 Å². The fourth-order valence-electron chi connectivity index (χ4n) is 5.36. The standard InChI is InChI=1S/C24H42N2O2/c1-2-3-4-7-21(27)8-9-22-23-17-19(16-20(23)18-24(22)28)10-11-25-12-15-26-13-5-6-14-26/h8-9,16,20-25,27-28H,2-7,10-15,17-18H2,1H3/b9-8+/t20-,21-,22+,23-,24+/m0/s1. The van der Waals surface area contributed by atoms with Gasteiger partial charge in [0, 0.05) is 19.0 Å². The van der Waals surface area contributed by atoms with Gasteiger partial charge in [-0.25, -0.2) is 0 Å². The van der Waals surface area contributed by atoms with Gasteiger partial charge in [-0.3, -0.25) is 0 Å². The zero-order valence-electron chi connectivity index (χ0n) is 17.9. The molecule has 3 N–H and O–H groups in total. The summed E-state index contributed by atoms with van der Waals surface area (Å²) in [7, 11) is 0. The molecule has 2 aliphatic carbocycles. The van der Waals surface area contributed by atoms with Gasteiger partial charge in [0.05, 0.1) is 12.2 Å². The Labute approximate surface area is 172 Å². The van der Waals surface area contributed by atoms with E-state index < -0.39 is 0 Å². The Morgan fingerprint density at radius 2 is 2.07 bits per heavy atom. The number of allylic oxidation sites excluding steroid dienone is 1. The van der Waals surface area contributed by atoms with E-state index in [1.807, 2.05) is 6.08 Å². The Balaban J connectivity index is 1.36. The fourth-order valence-corrected chi connectivity index (χ4v) is 5.36. The van der Waals surface area contributed by atoms with Gasteiger partial charge in [-0.15, -0.1) is 0 Å². The third-order valence-electron chi connectivity index (χ3n) is 7.04. The number of aliphatic hydroxyl groups excluding tert-OH is 2. The van der Waals surface area contributed by atoms with Gasteiger partial charge in [0.2, 0.25) is 0 Å². The van der Waals surface area contributed by atoms with E-state index in [1.165, 1.54) is 45.3 Å². The molecule has 4 nitrogen and oxygen atoms in total. The van der Waals surface area contributed by atoms with Crippen molar-refractivity contribution in [1.29, 1.82) is 0 Å². The lowest BCUT2D eigenvalue weighted by Crippen LogP contribution is -2.30. The van der Waals surface area contributed by atoms with E-state index in [-0.39, 0.29) is 18.1 Å². The predicted octanol–water partition coefficient (Wildman–Crippen LogP) is 3.50. The molecule has 0 aromatic rings.